The molecule has 1 fully saturated rings. The van der Waals surface area contributed by atoms with Crippen molar-refractivity contribution in [1.82, 2.24) is 0 Å². The van der Waals surface area contributed by atoms with E-state index in [1.807, 2.05) is 0 Å². The average Bonchev–Trinajstić information content (AvgIpc) is 2.45. The van der Waals surface area contributed by atoms with Crippen LogP contribution in [0.3, 0.4) is 0 Å². The SMILES string of the molecule is CCCSCCCCCCCCCCCCCC1CCC1. The van der Waals surface area contributed by atoms with Gasteiger partial charge in [-0.15, -0.1) is 0 Å². The van der Waals surface area contributed by atoms with E-state index in [1.54, 1.807) is 0 Å². The van der Waals surface area contributed by atoms with Crippen molar-refractivity contribution in [3.05, 3.63) is 0 Å². The van der Waals surface area contributed by atoms with Crippen LogP contribution in [-0.2, 0) is 0 Å². The summed E-state index contributed by atoms with van der Waals surface area (Å²) in [7, 11) is 0. The number of thioether (sulfide) groups is 1. The van der Waals surface area contributed by atoms with Crippen LogP contribution in [0.25, 0.3) is 0 Å². The summed E-state index contributed by atoms with van der Waals surface area (Å²) in [6.45, 7) is 2.28. The first-order valence-electron chi connectivity index (χ1n) is 10.0. The molecular weight excluding hydrogens is 272 g/mol. The van der Waals surface area contributed by atoms with Gasteiger partial charge in [0.2, 0.25) is 0 Å². The second-order valence-electron chi connectivity index (χ2n) is 7.09. The molecule has 0 radical (unpaired) electrons. The molecule has 0 aromatic rings. The van der Waals surface area contributed by atoms with E-state index < -0.39 is 0 Å². The van der Waals surface area contributed by atoms with Gasteiger partial charge in [0.25, 0.3) is 0 Å². The van der Waals surface area contributed by atoms with Crippen LogP contribution in [0.15, 0.2) is 0 Å². The maximum atomic E-state index is 2.28. The summed E-state index contributed by atoms with van der Waals surface area (Å²) < 4.78 is 0. The number of hydrogen-bond donors (Lipinski definition) is 0. The van der Waals surface area contributed by atoms with Crippen molar-refractivity contribution in [3.63, 3.8) is 0 Å². The van der Waals surface area contributed by atoms with Gasteiger partial charge in [-0.1, -0.05) is 96.8 Å². The second-order valence-corrected chi connectivity index (χ2v) is 8.31. The van der Waals surface area contributed by atoms with Gasteiger partial charge in [-0.2, -0.15) is 11.8 Å². The molecule has 1 saturated carbocycles. The molecule has 0 amide bonds. The van der Waals surface area contributed by atoms with Crippen molar-refractivity contribution in [2.45, 2.75) is 110 Å². The standard InChI is InChI=1S/C20H40S/c1-2-18-21-19-13-11-9-7-5-3-4-6-8-10-12-15-20-16-14-17-20/h20H,2-19H2,1H3. The highest BCUT2D eigenvalue weighted by Gasteiger charge is 2.15. The van der Waals surface area contributed by atoms with Gasteiger partial charge in [-0.3, -0.25) is 0 Å². The van der Waals surface area contributed by atoms with Crippen molar-refractivity contribution in [2.24, 2.45) is 5.92 Å². The minimum atomic E-state index is 1.13. The molecule has 0 bridgehead atoms. The Hall–Kier alpha value is 0.350. The maximum Gasteiger partial charge on any atom is -0.00675 e. The molecule has 0 aromatic heterocycles. The van der Waals surface area contributed by atoms with E-state index in [0.29, 0.717) is 0 Å². The largest absolute Gasteiger partial charge is 0.162 e. The van der Waals surface area contributed by atoms with Crippen molar-refractivity contribution in [3.8, 4) is 0 Å². The van der Waals surface area contributed by atoms with Gasteiger partial charge >= 0.3 is 0 Å². The predicted octanol–water partition coefficient (Wildman–Crippen LogP) is 7.61. The zero-order valence-corrected chi connectivity index (χ0v) is 15.5. The smallest absolute Gasteiger partial charge is 0.00675 e. The third-order valence-corrected chi connectivity index (χ3v) is 6.25. The Morgan fingerprint density at radius 2 is 1.19 bits per heavy atom. The van der Waals surface area contributed by atoms with E-state index in [1.165, 1.54) is 114 Å². The monoisotopic (exact) mass is 312 g/mol. The Bertz CT molecular complexity index is 198. The molecule has 1 heteroatoms. The molecule has 1 aliphatic carbocycles. The molecular formula is C20H40S. The summed E-state index contributed by atoms with van der Waals surface area (Å²) in [6, 6.07) is 0. The van der Waals surface area contributed by atoms with Crippen LogP contribution in [0.1, 0.15) is 110 Å². The zero-order chi connectivity index (χ0) is 15.0. The normalized spacial score (nSPS) is 15.3. The topological polar surface area (TPSA) is 0 Å². The highest BCUT2D eigenvalue weighted by atomic mass is 32.2. The molecule has 0 nitrogen and oxygen atoms in total. The van der Waals surface area contributed by atoms with Gasteiger partial charge in [0.15, 0.2) is 0 Å². The lowest BCUT2D eigenvalue weighted by atomic mass is 9.81. The molecule has 1 aliphatic rings. The molecule has 0 aromatic carbocycles. The third-order valence-electron chi connectivity index (χ3n) is 4.97. The van der Waals surface area contributed by atoms with E-state index in [4.69, 9.17) is 0 Å². The summed E-state index contributed by atoms with van der Waals surface area (Å²) >= 11 is 2.14. The molecule has 0 unspecified atom stereocenters. The first-order valence-corrected chi connectivity index (χ1v) is 11.2. The fourth-order valence-corrected chi connectivity index (χ4v) is 4.16. The first-order chi connectivity index (χ1) is 10.4. The Balaban J connectivity index is 1.61. The highest BCUT2D eigenvalue weighted by Crippen LogP contribution is 2.31. The van der Waals surface area contributed by atoms with Gasteiger partial charge < -0.3 is 0 Å². The molecule has 0 atom stereocenters. The second kappa shape index (κ2) is 15.3. The Labute approximate surface area is 139 Å². The van der Waals surface area contributed by atoms with Gasteiger partial charge in [-0.05, 0) is 30.3 Å². The van der Waals surface area contributed by atoms with Crippen molar-refractivity contribution >= 4 is 11.8 Å². The summed E-state index contributed by atoms with van der Waals surface area (Å²) in [6.07, 6.45) is 23.9. The van der Waals surface area contributed by atoms with Crippen molar-refractivity contribution in [1.29, 1.82) is 0 Å². The minimum absolute atomic E-state index is 1.13. The minimum Gasteiger partial charge on any atom is -0.162 e. The molecule has 0 heterocycles. The molecule has 0 aliphatic heterocycles. The highest BCUT2D eigenvalue weighted by molar-refractivity contribution is 7.99. The van der Waals surface area contributed by atoms with Crippen molar-refractivity contribution < 1.29 is 0 Å². The van der Waals surface area contributed by atoms with Crippen LogP contribution in [0.4, 0.5) is 0 Å². The van der Waals surface area contributed by atoms with Crippen LogP contribution in [0.2, 0.25) is 0 Å². The van der Waals surface area contributed by atoms with Crippen LogP contribution in [0.5, 0.6) is 0 Å². The first kappa shape index (κ1) is 19.4. The number of rotatable bonds is 16. The Morgan fingerprint density at radius 1 is 0.667 bits per heavy atom. The third kappa shape index (κ3) is 12.6. The summed E-state index contributed by atoms with van der Waals surface area (Å²) in [5, 5.41) is 0. The molecule has 0 spiro atoms. The van der Waals surface area contributed by atoms with Gasteiger partial charge in [0.05, 0.1) is 0 Å². The van der Waals surface area contributed by atoms with Gasteiger partial charge in [0.1, 0.15) is 0 Å². The fraction of sp³-hybridized carbons (Fsp3) is 1.00. The quantitative estimate of drug-likeness (QED) is 0.264. The molecule has 126 valence electrons. The van der Waals surface area contributed by atoms with Crippen LogP contribution in [-0.4, -0.2) is 11.5 Å². The zero-order valence-electron chi connectivity index (χ0n) is 14.7. The molecule has 1 rings (SSSR count). The van der Waals surface area contributed by atoms with E-state index in [2.05, 4.69) is 18.7 Å². The average molecular weight is 313 g/mol. The summed E-state index contributed by atoms with van der Waals surface area (Å²) in [5.74, 6) is 3.89. The lowest BCUT2D eigenvalue weighted by molar-refractivity contribution is 0.286. The van der Waals surface area contributed by atoms with Crippen LogP contribution < -0.4 is 0 Å². The van der Waals surface area contributed by atoms with E-state index in [9.17, 15) is 0 Å². The molecule has 21 heavy (non-hydrogen) atoms. The predicted molar refractivity (Wildman–Crippen MR) is 100 cm³/mol. The van der Waals surface area contributed by atoms with E-state index in [-0.39, 0.29) is 0 Å². The fourth-order valence-electron chi connectivity index (χ4n) is 3.26. The van der Waals surface area contributed by atoms with Crippen molar-refractivity contribution in [2.75, 3.05) is 11.5 Å². The summed E-state index contributed by atoms with van der Waals surface area (Å²) in [5.41, 5.74) is 0. The lowest BCUT2D eigenvalue weighted by Crippen LogP contribution is -2.10. The van der Waals surface area contributed by atoms with Gasteiger partial charge in [0, 0.05) is 0 Å². The van der Waals surface area contributed by atoms with Crippen LogP contribution >= 0.6 is 11.8 Å². The van der Waals surface area contributed by atoms with E-state index >= 15 is 0 Å². The lowest BCUT2D eigenvalue weighted by Gasteiger charge is -2.24. The summed E-state index contributed by atoms with van der Waals surface area (Å²) in [4.78, 5) is 0. The maximum absolute atomic E-state index is 2.28. The number of hydrogen-bond acceptors (Lipinski definition) is 1. The van der Waals surface area contributed by atoms with E-state index in [0.717, 1.165) is 5.92 Å². The Morgan fingerprint density at radius 3 is 1.67 bits per heavy atom. The van der Waals surface area contributed by atoms with Gasteiger partial charge in [-0.25, -0.2) is 0 Å². The van der Waals surface area contributed by atoms with Crippen LogP contribution in [0, 0.1) is 5.92 Å². The Kier molecular flexibility index (Phi) is 14.1. The number of unbranched alkanes of at least 4 members (excludes halogenated alkanes) is 10. The molecule has 0 saturated heterocycles. The molecule has 0 N–H and O–H groups in total.